The van der Waals surface area contributed by atoms with Gasteiger partial charge in [0.1, 0.15) is 5.56 Å². The first-order valence-electron chi connectivity index (χ1n) is 7.83. The monoisotopic (exact) mass is 329 g/mol. The molecule has 24 heavy (non-hydrogen) atoms. The van der Waals surface area contributed by atoms with Crippen molar-refractivity contribution in [3.05, 3.63) is 46.1 Å². The van der Waals surface area contributed by atoms with Crippen LogP contribution in [0.3, 0.4) is 0 Å². The number of benzene rings is 1. The van der Waals surface area contributed by atoms with Crippen LogP contribution in [0.4, 0.5) is 4.79 Å². The highest BCUT2D eigenvalue weighted by Gasteiger charge is 2.24. The molecule has 1 aromatic heterocycles. The molecule has 0 aliphatic heterocycles. The number of hydrogen-bond donors (Lipinski definition) is 0. The third kappa shape index (κ3) is 3.32. The molecule has 1 aromatic carbocycles. The third-order valence-electron chi connectivity index (χ3n) is 3.94. The maximum absolute atomic E-state index is 13.0. The summed E-state index contributed by atoms with van der Waals surface area (Å²) in [6.45, 7) is 8.20. The number of aryl methyl sites for hydroxylation is 3. The lowest BCUT2D eigenvalue weighted by Crippen LogP contribution is -2.27. The van der Waals surface area contributed by atoms with E-state index >= 15 is 0 Å². The first kappa shape index (κ1) is 17.7. The zero-order valence-corrected chi connectivity index (χ0v) is 15.0. The molecule has 0 N–H and O–H groups in total. The minimum atomic E-state index is -0.545. The van der Waals surface area contributed by atoms with Crippen LogP contribution in [-0.4, -0.2) is 40.7 Å². The number of ketones is 1. The summed E-state index contributed by atoms with van der Waals surface area (Å²) in [6.07, 6.45) is 0.915. The molecule has 0 saturated heterocycles. The van der Waals surface area contributed by atoms with Gasteiger partial charge in [0, 0.05) is 26.2 Å². The average molecular weight is 329 g/mol. The smallest absolute Gasteiger partial charge is 0.391 e. The number of ether oxygens (including phenoxy) is 1. The van der Waals surface area contributed by atoms with Crippen molar-refractivity contribution in [1.82, 2.24) is 14.7 Å². The van der Waals surface area contributed by atoms with Gasteiger partial charge in [0.2, 0.25) is 5.88 Å². The normalized spacial score (nSPS) is 10.6. The fraction of sp³-hybridized carbons (Fsp3) is 0.389. The maximum atomic E-state index is 13.0. The Hall–Kier alpha value is -2.63. The Morgan fingerprint density at radius 1 is 1.17 bits per heavy atom. The van der Waals surface area contributed by atoms with E-state index in [-0.39, 0.29) is 11.7 Å². The summed E-state index contributed by atoms with van der Waals surface area (Å²) in [4.78, 5) is 26.2. The molecular weight excluding hydrogens is 306 g/mol. The van der Waals surface area contributed by atoms with Crippen LogP contribution in [0.1, 0.15) is 39.5 Å². The summed E-state index contributed by atoms with van der Waals surface area (Å²) in [7, 11) is 3.18. The molecule has 6 nitrogen and oxygen atoms in total. The largest absolute Gasteiger partial charge is 0.416 e. The lowest BCUT2D eigenvalue weighted by molar-refractivity contribution is 0.103. The average Bonchev–Trinajstić information content (AvgIpc) is 2.92. The van der Waals surface area contributed by atoms with E-state index in [9.17, 15) is 9.59 Å². The van der Waals surface area contributed by atoms with Crippen LogP contribution in [-0.2, 0) is 6.54 Å². The molecule has 2 aromatic rings. The first-order chi connectivity index (χ1) is 11.3. The van der Waals surface area contributed by atoms with Crippen molar-refractivity contribution in [2.75, 3.05) is 14.1 Å². The predicted molar refractivity (Wildman–Crippen MR) is 91.7 cm³/mol. The summed E-state index contributed by atoms with van der Waals surface area (Å²) in [5, 5.41) is 4.17. The van der Waals surface area contributed by atoms with Crippen molar-refractivity contribution >= 4 is 11.9 Å². The highest BCUT2D eigenvalue weighted by atomic mass is 16.6. The highest BCUT2D eigenvalue weighted by Crippen LogP contribution is 2.25. The fourth-order valence-electron chi connectivity index (χ4n) is 2.46. The lowest BCUT2D eigenvalue weighted by atomic mass is 9.95. The zero-order valence-electron chi connectivity index (χ0n) is 15.0. The SMILES string of the molecule is CCn1ncc(C(=O)c2cc(C)cc(C)c2C)c1OC(=O)N(C)C. The lowest BCUT2D eigenvalue weighted by Gasteiger charge is -2.13. The van der Waals surface area contributed by atoms with Crippen LogP contribution >= 0.6 is 0 Å². The molecule has 0 radical (unpaired) electrons. The third-order valence-corrected chi connectivity index (χ3v) is 3.94. The van der Waals surface area contributed by atoms with E-state index in [1.165, 1.54) is 15.8 Å². The summed E-state index contributed by atoms with van der Waals surface area (Å²) >= 11 is 0. The van der Waals surface area contributed by atoms with Gasteiger partial charge in [0.05, 0.1) is 6.20 Å². The molecule has 0 atom stereocenters. The highest BCUT2D eigenvalue weighted by molar-refractivity contribution is 6.11. The molecule has 0 aliphatic carbocycles. The van der Waals surface area contributed by atoms with Gasteiger partial charge in [-0.1, -0.05) is 11.6 Å². The van der Waals surface area contributed by atoms with Crippen molar-refractivity contribution < 1.29 is 14.3 Å². The zero-order chi connectivity index (χ0) is 18.0. The molecule has 0 spiro atoms. The number of nitrogens with zero attached hydrogens (tertiary/aromatic N) is 3. The van der Waals surface area contributed by atoms with E-state index in [0.717, 1.165) is 16.7 Å². The number of hydrogen-bond acceptors (Lipinski definition) is 4. The summed E-state index contributed by atoms with van der Waals surface area (Å²) in [5.74, 6) is -0.0136. The van der Waals surface area contributed by atoms with Gasteiger partial charge < -0.3 is 9.64 Å². The van der Waals surface area contributed by atoms with Crippen molar-refractivity contribution in [1.29, 1.82) is 0 Å². The van der Waals surface area contributed by atoms with E-state index < -0.39 is 6.09 Å². The van der Waals surface area contributed by atoms with Crippen LogP contribution in [0.25, 0.3) is 0 Å². The Balaban J connectivity index is 2.51. The van der Waals surface area contributed by atoms with Crippen molar-refractivity contribution in [3.8, 4) is 5.88 Å². The molecule has 1 heterocycles. The molecule has 1 amide bonds. The van der Waals surface area contributed by atoms with Crippen molar-refractivity contribution in [3.63, 3.8) is 0 Å². The molecule has 128 valence electrons. The molecule has 0 unspecified atom stereocenters. The van der Waals surface area contributed by atoms with Gasteiger partial charge in [0.25, 0.3) is 0 Å². The molecule has 0 saturated carbocycles. The Kier molecular flexibility index (Phi) is 5.07. The van der Waals surface area contributed by atoms with Gasteiger partial charge in [0.15, 0.2) is 5.78 Å². The minimum Gasteiger partial charge on any atom is -0.391 e. The van der Waals surface area contributed by atoms with Gasteiger partial charge in [-0.25, -0.2) is 9.48 Å². The molecule has 0 aliphatic rings. The van der Waals surface area contributed by atoms with E-state index in [2.05, 4.69) is 5.10 Å². The van der Waals surface area contributed by atoms with Crippen LogP contribution in [0.5, 0.6) is 5.88 Å². The molecular formula is C18H23N3O3. The van der Waals surface area contributed by atoms with Gasteiger partial charge in [-0.2, -0.15) is 5.10 Å². The number of rotatable bonds is 4. The first-order valence-corrected chi connectivity index (χ1v) is 7.83. The quantitative estimate of drug-likeness (QED) is 0.809. The second-order valence-electron chi connectivity index (χ2n) is 6.03. The van der Waals surface area contributed by atoms with Crippen LogP contribution in [0.2, 0.25) is 0 Å². The van der Waals surface area contributed by atoms with E-state index in [0.29, 0.717) is 17.7 Å². The van der Waals surface area contributed by atoms with Crippen LogP contribution < -0.4 is 4.74 Å². The topological polar surface area (TPSA) is 64.4 Å². The Labute approximate surface area is 142 Å². The summed E-state index contributed by atoms with van der Waals surface area (Å²) < 4.78 is 6.89. The molecule has 2 rings (SSSR count). The predicted octanol–water partition coefficient (Wildman–Crippen LogP) is 3.12. The molecule has 0 bridgehead atoms. The minimum absolute atomic E-state index is 0.180. The van der Waals surface area contributed by atoms with Crippen LogP contribution in [0, 0.1) is 20.8 Å². The van der Waals surface area contributed by atoms with Gasteiger partial charge in [-0.05, 0) is 44.9 Å². The van der Waals surface area contributed by atoms with Crippen molar-refractivity contribution in [2.24, 2.45) is 0 Å². The number of amides is 1. The molecule has 6 heteroatoms. The number of carbonyl (C=O) groups excluding carboxylic acids is 2. The van der Waals surface area contributed by atoms with Gasteiger partial charge >= 0.3 is 6.09 Å². The van der Waals surface area contributed by atoms with Crippen molar-refractivity contribution in [2.45, 2.75) is 34.2 Å². The van der Waals surface area contributed by atoms with Gasteiger partial charge in [-0.15, -0.1) is 0 Å². The second-order valence-corrected chi connectivity index (χ2v) is 6.03. The number of aromatic nitrogens is 2. The standard InChI is InChI=1S/C18H23N3O3/c1-7-21-17(24-18(23)20(5)6)15(10-19-21)16(22)14-9-11(2)8-12(3)13(14)4/h8-10H,7H2,1-6H3. The van der Waals surface area contributed by atoms with E-state index in [4.69, 9.17) is 4.74 Å². The Bertz CT molecular complexity index is 791. The van der Waals surface area contributed by atoms with E-state index in [1.807, 2.05) is 39.8 Å². The molecule has 0 fully saturated rings. The second kappa shape index (κ2) is 6.86. The fourth-order valence-corrected chi connectivity index (χ4v) is 2.46. The van der Waals surface area contributed by atoms with Gasteiger partial charge in [-0.3, -0.25) is 4.79 Å². The summed E-state index contributed by atoms with van der Waals surface area (Å²) in [6, 6.07) is 3.89. The number of carbonyl (C=O) groups is 2. The Morgan fingerprint density at radius 3 is 2.42 bits per heavy atom. The van der Waals surface area contributed by atoms with E-state index in [1.54, 1.807) is 14.1 Å². The maximum Gasteiger partial charge on any atom is 0.416 e. The van der Waals surface area contributed by atoms with Crippen LogP contribution in [0.15, 0.2) is 18.3 Å². The summed E-state index contributed by atoms with van der Waals surface area (Å²) in [5.41, 5.74) is 3.87. The Morgan fingerprint density at radius 2 is 1.83 bits per heavy atom.